The SMILES string of the molecule is COc1cccc(C#N)c1-n1cncc1C1(C)CCNC1. The summed E-state index contributed by atoms with van der Waals surface area (Å²) in [7, 11) is 1.62. The van der Waals surface area contributed by atoms with Crippen LogP contribution in [0.15, 0.2) is 30.7 Å². The van der Waals surface area contributed by atoms with Gasteiger partial charge in [-0.05, 0) is 25.1 Å². The van der Waals surface area contributed by atoms with Gasteiger partial charge < -0.3 is 10.1 Å². The first-order valence-electron chi connectivity index (χ1n) is 7.00. The van der Waals surface area contributed by atoms with Gasteiger partial charge in [0.1, 0.15) is 17.5 Å². The third kappa shape index (κ3) is 2.18. The molecule has 1 saturated heterocycles. The highest BCUT2D eigenvalue weighted by Gasteiger charge is 2.34. The summed E-state index contributed by atoms with van der Waals surface area (Å²) in [5.74, 6) is 0.683. The Hall–Kier alpha value is -2.32. The second kappa shape index (κ2) is 5.23. The van der Waals surface area contributed by atoms with Gasteiger partial charge in [0.25, 0.3) is 0 Å². The Bertz CT molecular complexity index is 693. The minimum atomic E-state index is 0.0179. The zero-order chi connectivity index (χ0) is 14.9. The van der Waals surface area contributed by atoms with Crippen molar-refractivity contribution in [2.24, 2.45) is 0 Å². The van der Waals surface area contributed by atoms with E-state index in [0.717, 1.165) is 30.9 Å². The van der Waals surface area contributed by atoms with Gasteiger partial charge in [0.05, 0.1) is 19.0 Å². The molecule has 0 aliphatic carbocycles. The second-order valence-electron chi connectivity index (χ2n) is 5.60. The van der Waals surface area contributed by atoms with Crippen LogP contribution < -0.4 is 10.1 Å². The van der Waals surface area contributed by atoms with Crippen molar-refractivity contribution in [2.75, 3.05) is 20.2 Å². The maximum Gasteiger partial charge on any atom is 0.144 e. The Morgan fingerprint density at radius 3 is 3.00 bits per heavy atom. The molecule has 21 heavy (non-hydrogen) atoms. The molecule has 0 bridgehead atoms. The highest BCUT2D eigenvalue weighted by atomic mass is 16.5. The van der Waals surface area contributed by atoms with Crippen molar-refractivity contribution < 1.29 is 4.74 Å². The van der Waals surface area contributed by atoms with E-state index in [1.54, 1.807) is 19.5 Å². The summed E-state index contributed by atoms with van der Waals surface area (Å²) in [5.41, 5.74) is 2.48. The number of hydrogen-bond donors (Lipinski definition) is 1. The van der Waals surface area contributed by atoms with Crippen molar-refractivity contribution in [3.63, 3.8) is 0 Å². The van der Waals surface area contributed by atoms with Crippen LogP contribution in [0, 0.1) is 11.3 Å². The van der Waals surface area contributed by atoms with Crippen LogP contribution in [-0.2, 0) is 5.41 Å². The monoisotopic (exact) mass is 282 g/mol. The van der Waals surface area contributed by atoms with Crippen LogP contribution in [0.25, 0.3) is 5.69 Å². The molecule has 2 heterocycles. The predicted octanol–water partition coefficient (Wildman–Crippen LogP) is 2.00. The molecule has 0 spiro atoms. The highest BCUT2D eigenvalue weighted by molar-refractivity contribution is 5.59. The fourth-order valence-electron chi connectivity index (χ4n) is 2.98. The first-order chi connectivity index (χ1) is 10.2. The van der Waals surface area contributed by atoms with Gasteiger partial charge in [0.15, 0.2) is 0 Å². The summed E-state index contributed by atoms with van der Waals surface area (Å²) in [6.45, 7) is 4.14. The van der Waals surface area contributed by atoms with Gasteiger partial charge in [-0.25, -0.2) is 4.98 Å². The molecule has 5 nitrogen and oxygen atoms in total. The molecule has 1 aliphatic rings. The Morgan fingerprint density at radius 2 is 2.33 bits per heavy atom. The van der Waals surface area contributed by atoms with E-state index in [9.17, 15) is 5.26 Å². The van der Waals surface area contributed by atoms with E-state index in [1.165, 1.54) is 0 Å². The standard InChI is InChI=1S/C16H18N4O/c1-16(6-7-18-10-16)14-9-19-11-20(14)15-12(8-17)4-3-5-13(15)21-2/h3-5,9,11,18H,6-7,10H2,1-2H3. The summed E-state index contributed by atoms with van der Waals surface area (Å²) in [4.78, 5) is 4.31. The van der Waals surface area contributed by atoms with Crippen LogP contribution in [-0.4, -0.2) is 29.8 Å². The Balaban J connectivity index is 2.19. The lowest BCUT2D eigenvalue weighted by Crippen LogP contribution is -2.27. The number of hydrogen-bond acceptors (Lipinski definition) is 4. The molecular weight excluding hydrogens is 264 g/mol. The molecule has 1 unspecified atom stereocenters. The number of imidazole rings is 1. The average molecular weight is 282 g/mol. The van der Waals surface area contributed by atoms with Crippen LogP contribution in [0.1, 0.15) is 24.6 Å². The lowest BCUT2D eigenvalue weighted by atomic mass is 9.86. The number of benzene rings is 1. The molecule has 5 heteroatoms. The van der Waals surface area contributed by atoms with E-state index < -0.39 is 0 Å². The van der Waals surface area contributed by atoms with Gasteiger partial charge in [-0.2, -0.15) is 5.26 Å². The Morgan fingerprint density at radius 1 is 1.48 bits per heavy atom. The van der Waals surface area contributed by atoms with Crippen molar-refractivity contribution in [3.8, 4) is 17.5 Å². The van der Waals surface area contributed by atoms with E-state index in [2.05, 4.69) is 23.3 Å². The normalized spacial score (nSPS) is 21.2. The minimum Gasteiger partial charge on any atom is -0.495 e. The molecule has 1 aliphatic heterocycles. The van der Waals surface area contributed by atoms with Gasteiger partial charge in [-0.1, -0.05) is 13.0 Å². The van der Waals surface area contributed by atoms with E-state index in [4.69, 9.17) is 4.74 Å². The van der Waals surface area contributed by atoms with Crippen LogP contribution in [0.4, 0.5) is 0 Å². The zero-order valence-electron chi connectivity index (χ0n) is 12.3. The number of ether oxygens (including phenoxy) is 1. The Kier molecular flexibility index (Phi) is 3.40. The number of para-hydroxylation sites is 1. The summed E-state index contributed by atoms with van der Waals surface area (Å²) in [6, 6.07) is 7.75. The first-order valence-corrected chi connectivity index (χ1v) is 7.00. The maximum atomic E-state index is 9.41. The molecule has 1 fully saturated rings. The molecule has 0 amide bonds. The highest BCUT2D eigenvalue weighted by Crippen LogP contribution is 2.35. The van der Waals surface area contributed by atoms with Gasteiger partial charge in [0.2, 0.25) is 0 Å². The predicted molar refractivity (Wildman–Crippen MR) is 79.7 cm³/mol. The third-order valence-corrected chi connectivity index (χ3v) is 4.21. The first kappa shape index (κ1) is 13.7. The van der Waals surface area contributed by atoms with Gasteiger partial charge >= 0.3 is 0 Å². The van der Waals surface area contributed by atoms with Crippen molar-refractivity contribution in [1.29, 1.82) is 5.26 Å². The number of rotatable bonds is 3. The molecular formula is C16H18N4O. The van der Waals surface area contributed by atoms with Crippen molar-refractivity contribution in [3.05, 3.63) is 42.0 Å². The summed E-state index contributed by atoms with van der Waals surface area (Å²) in [6.07, 6.45) is 4.70. The third-order valence-electron chi connectivity index (χ3n) is 4.21. The quantitative estimate of drug-likeness (QED) is 0.935. The lowest BCUT2D eigenvalue weighted by molar-refractivity contribution is 0.410. The van der Waals surface area contributed by atoms with Crippen LogP contribution in [0.5, 0.6) is 5.75 Å². The van der Waals surface area contributed by atoms with E-state index in [1.807, 2.05) is 22.9 Å². The minimum absolute atomic E-state index is 0.0179. The summed E-state index contributed by atoms with van der Waals surface area (Å²) < 4.78 is 7.44. The van der Waals surface area contributed by atoms with E-state index in [0.29, 0.717) is 11.3 Å². The molecule has 1 aromatic carbocycles. The number of aromatic nitrogens is 2. The summed E-state index contributed by atoms with van der Waals surface area (Å²) >= 11 is 0. The number of nitrogens with zero attached hydrogens (tertiary/aromatic N) is 3. The molecule has 0 saturated carbocycles. The topological polar surface area (TPSA) is 62.9 Å². The number of nitrogens with one attached hydrogen (secondary N) is 1. The number of nitriles is 1. The molecule has 1 N–H and O–H groups in total. The van der Waals surface area contributed by atoms with E-state index >= 15 is 0 Å². The van der Waals surface area contributed by atoms with Crippen LogP contribution in [0.2, 0.25) is 0 Å². The van der Waals surface area contributed by atoms with Gasteiger partial charge in [-0.15, -0.1) is 0 Å². The van der Waals surface area contributed by atoms with Crippen LogP contribution in [0.3, 0.4) is 0 Å². The van der Waals surface area contributed by atoms with E-state index in [-0.39, 0.29) is 5.41 Å². The van der Waals surface area contributed by atoms with Crippen molar-refractivity contribution in [2.45, 2.75) is 18.8 Å². The molecule has 0 radical (unpaired) electrons. The zero-order valence-corrected chi connectivity index (χ0v) is 12.3. The largest absolute Gasteiger partial charge is 0.495 e. The fraction of sp³-hybridized carbons (Fsp3) is 0.375. The van der Waals surface area contributed by atoms with Gasteiger partial charge in [-0.3, -0.25) is 4.57 Å². The van der Waals surface area contributed by atoms with Crippen LogP contribution >= 0.6 is 0 Å². The summed E-state index contributed by atoms with van der Waals surface area (Å²) in [5, 5.41) is 12.8. The van der Waals surface area contributed by atoms with Gasteiger partial charge in [0, 0.05) is 23.9 Å². The molecule has 2 aromatic rings. The molecule has 108 valence electrons. The second-order valence-corrected chi connectivity index (χ2v) is 5.60. The molecule has 3 rings (SSSR count). The fourth-order valence-corrected chi connectivity index (χ4v) is 2.98. The van der Waals surface area contributed by atoms with Crippen molar-refractivity contribution >= 4 is 0 Å². The average Bonchev–Trinajstić information content (AvgIpc) is 3.15. The molecule has 1 atom stereocenters. The lowest BCUT2D eigenvalue weighted by Gasteiger charge is -2.25. The smallest absolute Gasteiger partial charge is 0.144 e. The Labute approximate surface area is 124 Å². The maximum absolute atomic E-state index is 9.41. The molecule has 1 aromatic heterocycles. The number of methoxy groups -OCH3 is 1. The van der Waals surface area contributed by atoms with Crippen molar-refractivity contribution in [1.82, 2.24) is 14.9 Å².